The maximum atomic E-state index is 11.9. The summed E-state index contributed by atoms with van der Waals surface area (Å²) in [6, 6.07) is 11.9. The van der Waals surface area contributed by atoms with Gasteiger partial charge in [-0.25, -0.2) is 0 Å². The third-order valence-corrected chi connectivity index (χ3v) is 3.77. The van der Waals surface area contributed by atoms with Crippen LogP contribution in [0.4, 0.5) is 5.69 Å². The Hall–Kier alpha value is -2.93. The number of ether oxygens (including phenoxy) is 3. The number of nitrogens with one attached hydrogen (secondary N) is 2. The topological polar surface area (TPSA) is 85.9 Å². The molecule has 3 rings (SSSR count). The van der Waals surface area contributed by atoms with Gasteiger partial charge in [-0.05, 0) is 36.4 Å². The molecule has 2 aromatic rings. The van der Waals surface area contributed by atoms with Crippen molar-refractivity contribution in [3.8, 4) is 17.2 Å². The van der Waals surface area contributed by atoms with Crippen LogP contribution in [-0.2, 0) is 9.59 Å². The fourth-order valence-corrected chi connectivity index (χ4v) is 2.37. The van der Waals surface area contributed by atoms with Gasteiger partial charge >= 0.3 is 0 Å². The third-order valence-electron chi connectivity index (χ3n) is 3.51. The Bertz CT molecular complexity index is 795. The lowest BCUT2D eigenvalue weighted by molar-refractivity contribution is -0.123. The first-order valence-corrected chi connectivity index (χ1v) is 8.32. The van der Waals surface area contributed by atoms with E-state index in [1.54, 1.807) is 42.5 Å². The van der Waals surface area contributed by atoms with Crippen LogP contribution in [0.5, 0.6) is 17.2 Å². The first kappa shape index (κ1) is 17.9. The number of halogens is 1. The standard InChI is InChI=1S/C18H17ClN2O5/c19-12-1-4-14(5-2-12)24-10-18(23)20-8-7-17(22)21-13-3-6-15-16(9-13)26-11-25-15/h1-6,9H,7-8,10-11H2,(H,20,23)(H,21,22). The lowest BCUT2D eigenvalue weighted by Gasteiger charge is -2.08. The van der Waals surface area contributed by atoms with Gasteiger partial charge in [-0.2, -0.15) is 0 Å². The van der Waals surface area contributed by atoms with E-state index in [0.717, 1.165) is 0 Å². The summed E-state index contributed by atoms with van der Waals surface area (Å²) in [5.74, 6) is 1.26. The number of rotatable bonds is 7. The van der Waals surface area contributed by atoms with Gasteiger partial charge < -0.3 is 24.8 Å². The molecule has 8 heteroatoms. The molecule has 0 fully saturated rings. The molecule has 2 aromatic carbocycles. The van der Waals surface area contributed by atoms with E-state index < -0.39 is 0 Å². The maximum absolute atomic E-state index is 11.9. The molecule has 136 valence electrons. The Labute approximate surface area is 155 Å². The molecule has 2 amide bonds. The van der Waals surface area contributed by atoms with Gasteiger partial charge in [0.25, 0.3) is 5.91 Å². The number of hydrogen-bond acceptors (Lipinski definition) is 5. The maximum Gasteiger partial charge on any atom is 0.257 e. The normalized spacial score (nSPS) is 11.7. The molecule has 26 heavy (non-hydrogen) atoms. The highest BCUT2D eigenvalue weighted by Crippen LogP contribution is 2.34. The van der Waals surface area contributed by atoms with E-state index in [4.69, 9.17) is 25.8 Å². The Balaban J connectivity index is 1.35. The van der Waals surface area contributed by atoms with Gasteiger partial charge in [-0.1, -0.05) is 11.6 Å². The monoisotopic (exact) mass is 376 g/mol. The first-order chi connectivity index (χ1) is 12.6. The fourth-order valence-electron chi connectivity index (χ4n) is 2.24. The highest BCUT2D eigenvalue weighted by molar-refractivity contribution is 6.30. The van der Waals surface area contributed by atoms with Crippen LogP contribution < -0.4 is 24.8 Å². The minimum absolute atomic E-state index is 0.134. The predicted octanol–water partition coefficient (Wildman–Crippen LogP) is 2.59. The van der Waals surface area contributed by atoms with E-state index in [2.05, 4.69) is 10.6 Å². The zero-order valence-electron chi connectivity index (χ0n) is 13.8. The Morgan fingerprint density at radius 3 is 2.62 bits per heavy atom. The SMILES string of the molecule is O=C(COc1ccc(Cl)cc1)NCCC(=O)Nc1ccc2c(c1)OCO2. The summed E-state index contributed by atoms with van der Waals surface area (Å²) in [6.07, 6.45) is 0.140. The molecule has 0 bridgehead atoms. The van der Waals surface area contributed by atoms with Crippen LogP contribution in [0.25, 0.3) is 0 Å². The van der Waals surface area contributed by atoms with Crippen LogP contribution in [0.15, 0.2) is 42.5 Å². The molecule has 0 radical (unpaired) electrons. The first-order valence-electron chi connectivity index (χ1n) is 7.95. The van der Waals surface area contributed by atoms with E-state index in [-0.39, 0.29) is 38.2 Å². The van der Waals surface area contributed by atoms with Crippen molar-refractivity contribution < 1.29 is 23.8 Å². The van der Waals surface area contributed by atoms with E-state index in [0.29, 0.717) is 28.0 Å². The Morgan fingerprint density at radius 2 is 1.81 bits per heavy atom. The summed E-state index contributed by atoms with van der Waals surface area (Å²) in [4.78, 5) is 23.7. The molecule has 0 spiro atoms. The minimum atomic E-state index is -0.309. The van der Waals surface area contributed by atoms with Gasteiger partial charge in [-0.3, -0.25) is 9.59 Å². The summed E-state index contributed by atoms with van der Waals surface area (Å²) < 4.78 is 15.8. The molecule has 0 saturated carbocycles. The van der Waals surface area contributed by atoms with Gasteiger partial charge in [-0.15, -0.1) is 0 Å². The molecular weight excluding hydrogens is 360 g/mol. The van der Waals surface area contributed by atoms with Crippen LogP contribution in [0, 0.1) is 0 Å². The number of fused-ring (bicyclic) bond motifs is 1. The van der Waals surface area contributed by atoms with Gasteiger partial charge in [0.1, 0.15) is 5.75 Å². The second-order valence-electron chi connectivity index (χ2n) is 5.46. The number of benzene rings is 2. The second-order valence-corrected chi connectivity index (χ2v) is 5.90. The molecule has 1 heterocycles. The van der Waals surface area contributed by atoms with Gasteiger partial charge in [0.2, 0.25) is 12.7 Å². The predicted molar refractivity (Wildman–Crippen MR) is 95.8 cm³/mol. The van der Waals surface area contributed by atoms with Crippen molar-refractivity contribution in [2.24, 2.45) is 0 Å². The lowest BCUT2D eigenvalue weighted by Crippen LogP contribution is -2.31. The summed E-state index contributed by atoms with van der Waals surface area (Å²) in [7, 11) is 0. The average molecular weight is 377 g/mol. The van der Waals surface area contributed by atoms with Crippen LogP contribution in [0.1, 0.15) is 6.42 Å². The Kier molecular flexibility index (Phi) is 5.80. The van der Waals surface area contributed by atoms with Crippen molar-refractivity contribution in [2.75, 3.05) is 25.3 Å². The average Bonchev–Trinajstić information content (AvgIpc) is 3.09. The van der Waals surface area contributed by atoms with Crippen molar-refractivity contribution in [3.05, 3.63) is 47.5 Å². The van der Waals surface area contributed by atoms with Crippen molar-refractivity contribution in [3.63, 3.8) is 0 Å². The van der Waals surface area contributed by atoms with Crippen LogP contribution in [-0.4, -0.2) is 31.8 Å². The van der Waals surface area contributed by atoms with E-state index in [1.807, 2.05) is 0 Å². The minimum Gasteiger partial charge on any atom is -0.484 e. The number of carbonyl (C=O) groups excluding carboxylic acids is 2. The van der Waals surface area contributed by atoms with Crippen molar-refractivity contribution in [2.45, 2.75) is 6.42 Å². The molecular formula is C18H17ClN2O5. The zero-order valence-corrected chi connectivity index (χ0v) is 14.5. The van der Waals surface area contributed by atoms with Gasteiger partial charge in [0.15, 0.2) is 18.1 Å². The Morgan fingerprint density at radius 1 is 1.04 bits per heavy atom. The summed E-state index contributed by atoms with van der Waals surface area (Å²) in [6.45, 7) is 0.251. The molecule has 0 atom stereocenters. The molecule has 0 saturated heterocycles. The highest BCUT2D eigenvalue weighted by atomic mass is 35.5. The molecule has 0 aromatic heterocycles. The zero-order chi connectivity index (χ0) is 18.4. The van der Waals surface area contributed by atoms with Crippen LogP contribution in [0.2, 0.25) is 5.02 Å². The van der Waals surface area contributed by atoms with E-state index >= 15 is 0 Å². The molecule has 1 aliphatic rings. The molecule has 2 N–H and O–H groups in total. The van der Waals surface area contributed by atoms with Crippen molar-refractivity contribution >= 4 is 29.1 Å². The third kappa shape index (κ3) is 5.03. The van der Waals surface area contributed by atoms with E-state index in [1.165, 1.54) is 0 Å². The fraction of sp³-hybridized carbons (Fsp3) is 0.222. The van der Waals surface area contributed by atoms with Crippen molar-refractivity contribution in [1.82, 2.24) is 5.32 Å². The summed E-state index contributed by atoms with van der Waals surface area (Å²) in [5, 5.41) is 5.96. The molecule has 1 aliphatic heterocycles. The van der Waals surface area contributed by atoms with E-state index in [9.17, 15) is 9.59 Å². The number of amides is 2. The quantitative estimate of drug-likeness (QED) is 0.775. The number of carbonyl (C=O) groups is 2. The van der Waals surface area contributed by atoms with Gasteiger partial charge in [0, 0.05) is 29.7 Å². The van der Waals surface area contributed by atoms with Crippen molar-refractivity contribution in [1.29, 1.82) is 0 Å². The number of anilines is 1. The second kappa shape index (κ2) is 8.44. The highest BCUT2D eigenvalue weighted by Gasteiger charge is 2.14. The summed E-state index contributed by atoms with van der Waals surface area (Å²) >= 11 is 5.77. The smallest absolute Gasteiger partial charge is 0.257 e. The van der Waals surface area contributed by atoms with Gasteiger partial charge in [0.05, 0.1) is 0 Å². The van der Waals surface area contributed by atoms with Crippen LogP contribution in [0.3, 0.4) is 0 Å². The molecule has 7 nitrogen and oxygen atoms in total. The summed E-state index contributed by atoms with van der Waals surface area (Å²) in [5.41, 5.74) is 0.608. The molecule has 0 unspecified atom stereocenters. The lowest BCUT2D eigenvalue weighted by atomic mass is 10.2. The largest absolute Gasteiger partial charge is 0.484 e. The molecule has 0 aliphatic carbocycles. The number of hydrogen-bond donors (Lipinski definition) is 2. The van der Waals surface area contributed by atoms with Crippen LogP contribution >= 0.6 is 11.6 Å².